The van der Waals surface area contributed by atoms with Crippen molar-refractivity contribution in [3.05, 3.63) is 18.0 Å². The number of anilines is 1. The topological polar surface area (TPSA) is 95.4 Å². The molecule has 78 valence electrons. The molecular weight excluding hydrogens is 198 g/mol. The lowest BCUT2D eigenvalue weighted by molar-refractivity contribution is 0.0526. The van der Waals surface area contributed by atoms with E-state index in [1.807, 2.05) is 0 Å². The first-order valence-corrected chi connectivity index (χ1v) is 4.36. The van der Waals surface area contributed by atoms with Crippen LogP contribution in [-0.4, -0.2) is 32.4 Å². The maximum Gasteiger partial charge on any atom is 0.343 e. The van der Waals surface area contributed by atoms with Crippen LogP contribution in [0.4, 0.5) is 5.82 Å². The molecule has 2 aromatic heterocycles. The molecule has 2 heterocycles. The van der Waals surface area contributed by atoms with Gasteiger partial charge in [-0.1, -0.05) is 5.21 Å². The van der Waals surface area contributed by atoms with Gasteiger partial charge in [0.25, 0.3) is 0 Å². The lowest BCUT2D eigenvalue weighted by atomic mass is 10.3. The maximum absolute atomic E-state index is 11.4. The molecule has 0 saturated carbocycles. The van der Waals surface area contributed by atoms with Crippen LogP contribution >= 0.6 is 0 Å². The van der Waals surface area contributed by atoms with E-state index in [4.69, 9.17) is 10.5 Å². The van der Waals surface area contributed by atoms with E-state index < -0.39 is 5.97 Å². The normalized spacial score (nSPS) is 10.5. The van der Waals surface area contributed by atoms with Crippen molar-refractivity contribution < 1.29 is 9.53 Å². The standard InChI is InChI=1S/C8H9N5O2/c1-2-15-8(14)5-4-13-6(3-10-12-13)11-7(5)9/h3-4H,2H2,1H3,(H2,9,11). The van der Waals surface area contributed by atoms with E-state index in [0.29, 0.717) is 5.65 Å². The monoisotopic (exact) mass is 207 g/mol. The summed E-state index contributed by atoms with van der Waals surface area (Å²) in [5, 5.41) is 7.34. The molecular formula is C8H9N5O2. The molecule has 0 unspecified atom stereocenters. The second-order valence-electron chi connectivity index (χ2n) is 2.80. The van der Waals surface area contributed by atoms with E-state index in [1.165, 1.54) is 16.9 Å². The Morgan fingerprint density at radius 2 is 2.47 bits per heavy atom. The molecule has 0 radical (unpaired) electrons. The van der Waals surface area contributed by atoms with Gasteiger partial charge in [-0.15, -0.1) is 5.10 Å². The second-order valence-corrected chi connectivity index (χ2v) is 2.80. The van der Waals surface area contributed by atoms with Gasteiger partial charge in [0.05, 0.1) is 19.0 Å². The number of esters is 1. The Morgan fingerprint density at radius 3 is 3.20 bits per heavy atom. The smallest absolute Gasteiger partial charge is 0.343 e. The average molecular weight is 207 g/mol. The van der Waals surface area contributed by atoms with E-state index >= 15 is 0 Å². The first-order chi connectivity index (χ1) is 7.22. The summed E-state index contributed by atoms with van der Waals surface area (Å²) in [5.41, 5.74) is 6.27. The van der Waals surface area contributed by atoms with E-state index in [-0.39, 0.29) is 18.0 Å². The van der Waals surface area contributed by atoms with Crippen LogP contribution in [0.3, 0.4) is 0 Å². The fourth-order valence-electron chi connectivity index (χ4n) is 1.15. The van der Waals surface area contributed by atoms with Gasteiger partial charge in [-0.25, -0.2) is 14.3 Å². The van der Waals surface area contributed by atoms with Crippen molar-refractivity contribution in [2.24, 2.45) is 0 Å². The third-order valence-corrected chi connectivity index (χ3v) is 1.81. The third-order valence-electron chi connectivity index (χ3n) is 1.81. The van der Waals surface area contributed by atoms with E-state index in [2.05, 4.69) is 15.3 Å². The molecule has 15 heavy (non-hydrogen) atoms. The van der Waals surface area contributed by atoms with Crippen LogP contribution in [0.25, 0.3) is 5.65 Å². The average Bonchev–Trinajstić information content (AvgIpc) is 2.63. The third kappa shape index (κ3) is 1.58. The van der Waals surface area contributed by atoms with Crippen molar-refractivity contribution in [2.45, 2.75) is 6.92 Å². The SMILES string of the molecule is CCOC(=O)c1cn2nncc2nc1N. The number of carbonyl (C=O) groups is 1. The molecule has 7 nitrogen and oxygen atoms in total. The van der Waals surface area contributed by atoms with Gasteiger partial charge in [-0.2, -0.15) is 0 Å². The molecule has 0 aliphatic heterocycles. The maximum atomic E-state index is 11.4. The minimum atomic E-state index is -0.514. The van der Waals surface area contributed by atoms with Crippen molar-refractivity contribution in [1.82, 2.24) is 19.8 Å². The Bertz CT molecular complexity index is 507. The first kappa shape index (κ1) is 9.38. The highest BCUT2D eigenvalue weighted by Gasteiger charge is 2.13. The molecule has 0 saturated heterocycles. The summed E-state index contributed by atoms with van der Waals surface area (Å²) >= 11 is 0. The van der Waals surface area contributed by atoms with Gasteiger partial charge in [-0.05, 0) is 6.92 Å². The van der Waals surface area contributed by atoms with Crippen molar-refractivity contribution in [3.8, 4) is 0 Å². The summed E-state index contributed by atoms with van der Waals surface area (Å²) in [4.78, 5) is 15.4. The number of hydrogen-bond donors (Lipinski definition) is 1. The highest BCUT2D eigenvalue weighted by Crippen LogP contribution is 2.11. The van der Waals surface area contributed by atoms with Crippen LogP contribution in [0, 0.1) is 0 Å². The summed E-state index contributed by atoms with van der Waals surface area (Å²) in [6.45, 7) is 2.00. The van der Waals surface area contributed by atoms with Gasteiger partial charge in [0, 0.05) is 0 Å². The summed E-state index contributed by atoms with van der Waals surface area (Å²) in [6.07, 6.45) is 2.90. The molecule has 2 aromatic rings. The minimum Gasteiger partial charge on any atom is -0.462 e. The highest BCUT2D eigenvalue weighted by atomic mass is 16.5. The zero-order valence-electron chi connectivity index (χ0n) is 8.04. The number of fused-ring (bicyclic) bond motifs is 1. The molecule has 0 bridgehead atoms. The number of aromatic nitrogens is 4. The van der Waals surface area contributed by atoms with E-state index in [0.717, 1.165) is 0 Å². The molecule has 2 N–H and O–H groups in total. The quantitative estimate of drug-likeness (QED) is 0.690. The Balaban J connectivity index is 2.50. The zero-order valence-corrected chi connectivity index (χ0v) is 8.04. The fraction of sp³-hybridized carbons (Fsp3) is 0.250. The van der Waals surface area contributed by atoms with Crippen LogP contribution in [-0.2, 0) is 4.74 Å². The number of carbonyl (C=O) groups excluding carboxylic acids is 1. The Morgan fingerprint density at radius 1 is 1.67 bits per heavy atom. The number of hydrogen-bond acceptors (Lipinski definition) is 6. The van der Waals surface area contributed by atoms with Gasteiger partial charge >= 0.3 is 5.97 Å². The summed E-state index contributed by atoms with van der Waals surface area (Å²) < 4.78 is 6.18. The number of nitrogens with zero attached hydrogens (tertiary/aromatic N) is 4. The number of nitrogen functional groups attached to an aromatic ring is 1. The number of ether oxygens (including phenoxy) is 1. The number of rotatable bonds is 2. The van der Waals surface area contributed by atoms with Gasteiger partial charge in [0.15, 0.2) is 5.65 Å². The first-order valence-electron chi connectivity index (χ1n) is 4.36. The number of nitrogens with two attached hydrogens (primary N) is 1. The van der Waals surface area contributed by atoms with Gasteiger partial charge in [0.1, 0.15) is 11.4 Å². The van der Waals surface area contributed by atoms with Gasteiger partial charge in [0.2, 0.25) is 0 Å². The van der Waals surface area contributed by atoms with Crippen LogP contribution in [0.1, 0.15) is 17.3 Å². The molecule has 0 aliphatic carbocycles. The molecule has 0 spiro atoms. The predicted octanol–water partition coefficient (Wildman–Crippen LogP) is -0.117. The second kappa shape index (κ2) is 3.52. The molecule has 0 fully saturated rings. The van der Waals surface area contributed by atoms with Crippen LogP contribution in [0.15, 0.2) is 12.4 Å². The largest absolute Gasteiger partial charge is 0.462 e. The molecule has 7 heteroatoms. The van der Waals surface area contributed by atoms with E-state index in [1.54, 1.807) is 6.92 Å². The molecule has 0 aromatic carbocycles. The molecule has 0 atom stereocenters. The van der Waals surface area contributed by atoms with Crippen LogP contribution in [0.5, 0.6) is 0 Å². The molecule has 0 aliphatic rings. The summed E-state index contributed by atoms with van der Waals surface area (Å²) in [6, 6.07) is 0. The lowest BCUT2D eigenvalue weighted by Crippen LogP contribution is -2.11. The zero-order chi connectivity index (χ0) is 10.8. The van der Waals surface area contributed by atoms with Crippen molar-refractivity contribution in [2.75, 3.05) is 12.3 Å². The van der Waals surface area contributed by atoms with Crippen molar-refractivity contribution in [1.29, 1.82) is 0 Å². The molecule has 2 rings (SSSR count). The van der Waals surface area contributed by atoms with Crippen molar-refractivity contribution in [3.63, 3.8) is 0 Å². The van der Waals surface area contributed by atoms with Crippen LogP contribution in [0.2, 0.25) is 0 Å². The minimum absolute atomic E-state index is 0.114. The Kier molecular flexibility index (Phi) is 2.20. The fourth-order valence-corrected chi connectivity index (χ4v) is 1.15. The Hall–Kier alpha value is -2.18. The summed E-state index contributed by atoms with van der Waals surface area (Å²) in [7, 11) is 0. The Labute approximate surface area is 84.9 Å². The van der Waals surface area contributed by atoms with Gasteiger partial charge in [-0.3, -0.25) is 0 Å². The predicted molar refractivity (Wildman–Crippen MR) is 51.2 cm³/mol. The van der Waals surface area contributed by atoms with Crippen LogP contribution < -0.4 is 5.73 Å². The van der Waals surface area contributed by atoms with E-state index in [9.17, 15) is 4.79 Å². The lowest BCUT2D eigenvalue weighted by Gasteiger charge is -2.04. The highest BCUT2D eigenvalue weighted by molar-refractivity contribution is 5.94. The summed E-state index contributed by atoms with van der Waals surface area (Å²) in [5.74, 6) is -0.400. The molecule has 0 amide bonds. The van der Waals surface area contributed by atoms with Gasteiger partial charge < -0.3 is 10.5 Å². The van der Waals surface area contributed by atoms with Crippen molar-refractivity contribution >= 4 is 17.4 Å².